The number of carboxylic acids is 3. The lowest BCUT2D eigenvalue weighted by molar-refractivity contribution is -0.152. The highest BCUT2D eigenvalue weighted by molar-refractivity contribution is 7.47. The van der Waals surface area contributed by atoms with Crippen molar-refractivity contribution in [3.8, 4) is 0 Å². The molecule has 0 aromatic heterocycles. The van der Waals surface area contributed by atoms with Crippen LogP contribution in [0.4, 0.5) is 4.79 Å². The van der Waals surface area contributed by atoms with Crippen molar-refractivity contribution in [1.29, 1.82) is 0 Å². The standard InChI is InChI=1S/C67H127N8O16P/c1-3-5-7-9-11-13-15-17-19-21-23-25-30-36-59(76)39-40-60(91-66(85)38-32-26-24-22-20-18-16-14-12-10-8-6-4-2)58-90-92(87,88)89-53-44-69-61(77)37-31-29-35-43-71-67(86)70-42-34-28-27-33-41-68-62(78)54-72-45-47-73(55-63(79)80)49-51-75(57-65(83)84)52-50-74(48-46-72)56-64(81)82/h60H,3-58H2,1-2H3,(H,68,78)(H,69,77)(H,79,80)(H,81,82)(H,83,84)(H,87,88)(H2,70,71,86)/t60-/m0/s1. The Balaban J connectivity index is 2.35. The molecule has 24 nitrogen and oxygen atoms in total. The first-order chi connectivity index (χ1) is 44.4. The van der Waals surface area contributed by atoms with Crippen molar-refractivity contribution in [3.63, 3.8) is 0 Å². The number of amides is 4. The minimum absolute atomic E-state index is 0.0326. The van der Waals surface area contributed by atoms with E-state index in [-0.39, 0.29) is 102 Å². The zero-order chi connectivity index (χ0) is 67.6. The molecule has 4 amide bonds. The predicted octanol–water partition coefficient (Wildman–Crippen LogP) is 10.5. The van der Waals surface area contributed by atoms with Crippen molar-refractivity contribution in [2.24, 2.45) is 0 Å². The Morgan fingerprint density at radius 3 is 1.14 bits per heavy atom. The number of rotatable bonds is 60. The Hall–Kier alpha value is -4.29. The van der Waals surface area contributed by atoms with E-state index in [1.807, 2.05) is 4.90 Å². The average molecular weight is 1330 g/mol. The molecule has 0 aliphatic carbocycles. The van der Waals surface area contributed by atoms with Crippen LogP contribution in [0.25, 0.3) is 0 Å². The fourth-order valence-electron chi connectivity index (χ4n) is 11.1. The van der Waals surface area contributed by atoms with Gasteiger partial charge in [-0.05, 0) is 44.9 Å². The zero-order valence-electron chi connectivity index (χ0n) is 57.1. The van der Waals surface area contributed by atoms with Crippen LogP contribution in [0, 0.1) is 0 Å². The fraction of sp³-hybridized carbons (Fsp3) is 0.881. The number of carboxylic acid groups (broad SMARTS) is 3. The Morgan fingerprint density at radius 1 is 0.391 bits per heavy atom. The largest absolute Gasteiger partial charge is 0.480 e. The Kier molecular flexibility index (Phi) is 55.2. The number of esters is 1. The smallest absolute Gasteiger partial charge is 0.472 e. The van der Waals surface area contributed by atoms with Gasteiger partial charge in [0.05, 0.1) is 39.4 Å². The van der Waals surface area contributed by atoms with Crippen LogP contribution in [-0.4, -0.2) is 211 Å². The van der Waals surface area contributed by atoms with Crippen LogP contribution in [-0.2, 0) is 51.9 Å². The molecular formula is C67H127N8O16P. The van der Waals surface area contributed by atoms with Gasteiger partial charge in [0, 0.05) is 104 Å². The molecule has 2 atom stereocenters. The van der Waals surface area contributed by atoms with Crippen molar-refractivity contribution in [1.82, 2.24) is 40.9 Å². The zero-order valence-corrected chi connectivity index (χ0v) is 58.0. The van der Waals surface area contributed by atoms with Gasteiger partial charge in [0.2, 0.25) is 11.8 Å². The molecule has 0 saturated carbocycles. The summed E-state index contributed by atoms with van der Waals surface area (Å²) in [6.07, 6.45) is 36.6. The number of ketones is 1. The highest BCUT2D eigenvalue weighted by Crippen LogP contribution is 2.43. The van der Waals surface area contributed by atoms with Crippen LogP contribution in [0.5, 0.6) is 0 Å². The third-order valence-corrected chi connectivity index (χ3v) is 17.6. The minimum Gasteiger partial charge on any atom is -0.480 e. The van der Waals surface area contributed by atoms with Crippen LogP contribution in [0.15, 0.2) is 0 Å². The van der Waals surface area contributed by atoms with Crippen molar-refractivity contribution >= 4 is 55.3 Å². The summed E-state index contributed by atoms with van der Waals surface area (Å²) in [6.45, 7) is 6.91. The Bertz CT molecular complexity index is 1960. The third-order valence-electron chi connectivity index (χ3n) is 16.6. The molecule has 1 aliphatic rings. The van der Waals surface area contributed by atoms with Gasteiger partial charge in [-0.25, -0.2) is 9.36 Å². The van der Waals surface area contributed by atoms with Crippen LogP contribution in [0.2, 0.25) is 0 Å². The first kappa shape index (κ1) is 85.7. The molecule has 92 heavy (non-hydrogen) atoms. The Morgan fingerprint density at radius 2 is 0.728 bits per heavy atom. The lowest BCUT2D eigenvalue weighted by Gasteiger charge is -2.32. The molecule has 0 aromatic rings. The number of carbonyl (C=O) groups excluding carboxylic acids is 5. The first-order valence-corrected chi connectivity index (χ1v) is 37.3. The number of Topliss-reactive ketones (excluding diaryl/α,β-unsaturated/α-hetero) is 1. The number of nitrogens with zero attached hydrogens (tertiary/aromatic N) is 4. The topological polar surface area (TPSA) is 323 Å². The van der Waals surface area contributed by atoms with Gasteiger partial charge in [-0.1, -0.05) is 187 Å². The number of ether oxygens (including phenoxy) is 1. The number of urea groups is 1. The fourth-order valence-corrected chi connectivity index (χ4v) is 11.8. The third kappa shape index (κ3) is 56.1. The Labute approximate surface area is 552 Å². The first-order valence-electron chi connectivity index (χ1n) is 35.8. The van der Waals surface area contributed by atoms with Gasteiger partial charge < -0.3 is 46.2 Å². The summed E-state index contributed by atoms with van der Waals surface area (Å²) in [5.41, 5.74) is 0. The molecule has 8 N–H and O–H groups in total. The molecule has 0 bridgehead atoms. The monoisotopic (exact) mass is 1330 g/mol. The van der Waals surface area contributed by atoms with E-state index in [1.165, 1.54) is 122 Å². The SMILES string of the molecule is CCCCCCCCCCCCCCCC(=O)CC[C@@H](COP(=O)(O)OCCNC(=O)CCCCCNC(=O)NCCCCCCNC(=O)CN1CCN(CC(=O)O)CCN(CC(=O)O)CCN(CC(=O)O)CC1)OC(=O)CCCCCCCCCCCCCCC. The molecule has 1 unspecified atom stereocenters. The van der Waals surface area contributed by atoms with E-state index in [0.717, 1.165) is 64.2 Å². The number of hydrogen-bond acceptors (Lipinski definition) is 16. The molecule has 1 saturated heterocycles. The molecule has 25 heteroatoms. The molecule has 0 spiro atoms. The molecular weight excluding hydrogens is 1200 g/mol. The summed E-state index contributed by atoms with van der Waals surface area (Å²) in [4.78, 5) is 116. The van der Waals surface area contributed by atoms with Gasteiger partial charge >= 0.3 is 37.7 Å². The number of nitrogens with one attached hydrogen (secondary N) is 4. The van der Waals surface area contributed by atoms with Crippen molar-refractivity contribution in [2.45, 2.75) is 264 Å². The van der Waals surface area contributed by atoms with E-state index in [0.29, 0.717) is 91.0 Å². The van der Waals surface area contributed by atoms with E-state index >= 15 is 0 Å². The van der Waals surface area contributed by atoms with Crippen molar-refractivity contribution in [2.75, 3.05) is 118 Å². The van der Waals surface area contributed by atoms with Crippen LogP contribution in [0.3, 0.4) is 0 Å². The van der Waals surface area contributed by atoms with E-state index < -0.39 is 44.4 Å². The second-order valence-electron chi connectivity index (χ2n) is 25.2. The van der Waals surface area contributed by atoms with E-state index in [1.54, 1.807) is 14.7 Å². The maximum Gasteiger partial charge on any atom is 0.472 e. The number of carbonyl (C=O) groups is 8. The normalized spacial score (nSPS) is 14.9. The average Bonchev–Trinajstić information content (AvgIpc) is 2.22. The second kappa shape index (κ2) is 59.2. The van der Waals surface area contributed by atoms with Crippen molar-refractivity contribution in [3.05, 3.63) is 0 Å². The van der Waals surface area contributed by atoms with Crippen LogP contribution >= 0.6 is 7.82 Å². The van der Waals surface area contributed by atoms with Gasteiger partial charge in [-0.2, -0.15) is 0 Å². The summed E-state index contributed by atoms with van der Waals surface area (Å²) in [5, 5.41) is 39.6. The quantitative estimate of drug-likeness (QED) is 0.0159. The predicted molar refractivity (Wildman–Crippen MR) is 359 cm³/mol. The van der Waals surface area contributed by atoms with Gasteiger partial charge in [0.1, 0.15) is 11.9 Å². The lowest BCUT2D eigenvalue weighted by atomic mass is 10.0. The maximum atomic E-state index is 13.0. The summed E-state index contributed by atoms with van der Waals surface area (Å²) < 4.78 is 29.0. The minimum atomic E-state index is -4.59. The molecule has 1 aliphatic heterocycles. The molecule has 536 valence electrons. The number of unbranched alkanes of at least 4 members (excludes halogenated alkanes) is 29. The second-order valence-corrected chi connectivity index (χ2v) is 26.6. The number of aliphatic carboxylic acids is 3. The van der Waals surface area contributed by atoms with Gasteiger partial charge in [0.25, 0.3) is 0 Å². The van der Waals surface area contributed by atoms with Crippen LogP contribution in [0.1, 0.15) is 258 Å². The number of phosphoric ester groups is 1. The van der Waals surface area contributed by atoms with Gasteiger partial charge in [0.15, 0.2) is 0 Å². The molecule has 0 aromatic carbocycles. The van der Waals surface area contributed by atoms with Gasteiger partial charge in [-0.15, -0.1) is 0 Å². The van der Waals surface area contributed by atoms with E-state index in [9.17, 15) is 63.1 Å². The summed E-state index contributed by atoms with van der Waals surface area (Å²) in [7, 11) is -4.59. The van der Waals surface area contributed by atoms with Crippen molar-refractivity contribution < 1.29 is 76.9 Å². The van der Waals surface area contributed by atoms with Gasteiger partial charge in [-0.3, -0.25) is 62.2 Å². The number of hydrogen-bond donors (Lipinski definition) is 8. The van der Waals surface area contributed by atoms with E-state index in [4.69, 9.17) is 13.8 Å². The number of phosphoric acid groups is 1. The summed E-state index contributed by atoms with van der Waals surface area (Å²) in [5.74, 6) is -3.90. The molecule has 1 fully saturated rings. The lowest BCUT2D eigenvalue weighted by Crippen LogP contribution is -2.49. The summed E-state index contributed by atoms with van der Waals surface area (Å²) in [6, 6.07) is -0.290. The van der Waals surface area contributed by atoms with Crippen LogP contribution < -0.4 is 21.3 Å². The molecule has 1 heterocycles. The van der Waals surface area contributed by atoms with E-state index in [2.05, 4.69) is 35.1 Å². The molecule has 1 rings (SSSR count). The highest BCUT2D eigenvalue weighted by Gasteiger charge is 2.26. The summed E-state index contributed by atoms with van der Waals surface area (Å²) >= 11 is 0. The highest BCUT2D eigenvalue weighted by atomic mass is 31.2. The molecule has 0 radical (unpaired) electrons. The maximum absolute atomic E-state index is 13.0.